The van der Waals surface area contributed by atoms with E-state index in [4.69, 9.17) is 4.74 Å². The first-order valence-corrected chi connectivity index (χ1v) is 11.8. The zero-order valence-electron chi connectivity index (χ0n) is 19.7. The van der Waals surface area contributed by atoms with E-state index in [0.29, 0.717) is 24.4 Å². The van der Waals surface area contributed by atoms with Crippen LogP contribution in [0.25, 0.3) is 0 Å². The van der Waals surface area contributed by atoms with Crippen molar-refractivity contribution in [2.45, 2.75) is 32.6 Å². The molecule has 0 aliphatic carbocycles. The van der Waals surface area contributed by atoms with Crippen LogP contribution in [-0.2, 0) is 11.2 Å². The van der Waals surface area contributed by atoms with Crippen LogP contribution in [0.4, 0.5) is 11.4 Å². The summed E-state index contributed by atoms with van der Waals surface area (Å²) in [6, 6.07) is 24.9. The maximum atomic E-state index is 12.3. The van der Waals surface area contributed by atoms with Gasteiger partial charge < -0.3 is 20.7 Å². The molecule has 0 saturated carbocycles. The van der Waals surface area contributed by atoms with Crippen molar-refractivity contribution in [3.05, 3.63) is 90.0 Å². The molecule has 0 aliphatic heterocycles. The van der Waals surface area contributed by atoms with Crippen molar-refractivity contribution in [3.8, 4) is 5.75 Å². The van der Waals surface area contributed by atoms with Gasteiger partial charge in [0.2, 0.25) is 5.91 Å². The van der Waals surface area contributed by atoms with Crippen LogP contribution in [-0.4, -0.2) is 31.5 Å². The van der Waals surface area contributed by atoms with Gasteiger partial charge in [-0.25, -0.2) is 0 Å². The number of hydrogen-bond acceptors (Lipinski definition) is 4. The van der Waals surface area contributed by atoms with Crippen LogP contribution in [0.1, 0.15) is 42.1 Å². The largest absolute Gasteiger partial charge is 0.494 e. The molecule has 3 N–H and O–H groups in total. The first-order chi connectivity index (χ1) is 16.6. The number of aryl methyl sites for hydroxylation is 1. The van der Waals surface area contributed by atoms with E-state index in [9.17, 15) is 9.59 Å². The Morgan fingerprint density at radius 2 is 1.65 bits per heavy atom. The summed E-state index contributed by atoms with van der Waals surface area (Å²) in [4.78, 5) is 24.5. The molecule has 0 aliphatic rings. The monoisotopic (exact) mass is 459 g/mol. The zero-order valence-corrected chi connectivity index (χ0v) is 19.7. The van der Waals surface area contributed by atoms with E-state index in [1.54, 1.807) is 24.3 Å². The van der Waals surface area contributed by atoms with Crippen molar-refractivity contribution in [1.82, 2.24) is 5.32 Å². The molecule has 178 valence electrons. The van der Waals surface area contributed by atoms with E-state index in [1.165, 1.54) is 5.56 Å². The number of carbonyl (C=O) groups excluding carboxylic acids is 2. The number of benzene rings is 3. The molecule has 6 heteroatoms. The highest BCUT2D eigenvalue weighted by atomic mass is 16.5. The van der Waals surface area contributed by atoms with Gasteiger partial charge in [-0.2, -0.15) is 0 Å². The van der Waals surface area contributed by atoms with E-state index >= 15 is 0 Å². The summed E-state index contributed by atoms with van der Waals surface area (Å²) in [6.45, 7) is 3.49. The van der Waals surface area contributed by atoms with Crippen molar-refractivity contribution >= 4 is 23.2 Å². The number of unbranched alkanes of at least 4 members (excludes halogenated alkanes) is 1. The average Bonchev–Trinajstić information content (AvgIpc) is 2.87. The van der Waals surface area contributed by atoms with Gasteiger partial charge in [0, 0.05) is 23.5 Å². The third-order valence-corrected chi connectivity index (χ3v) is 5.25. The highest BCUT2D eigenvalue weighted by Crippen LogP contribution is 2.16. The third-order valence-electron chi connectivity index (χ3n) is 5.25. The number of hydrogen-bond donors (Lipinski definition) is 3. The molecule has 0 aromatic heterocycles. The molecular formula is C28H33N3O3. The quantitative estimate of drug-likeness (QED) is 0.304. The van der Waals surface area contributed by atoms with Crippen molar-refractivity contribution in [2.75, 3.05) is 30.3 Å². The summed E-state index contributed by atoms with van der Waals surface area (Å²) < 4.78 is 5.81. The van der Waals surface area contributed by atoms with Crippen molar-refractivity contribution in [2.24, 2.45) is 0 Å². The molecule has 0 spiro atoms. The Morgan fingerprint density at radius 1 is 0.853 bits per heavy atom. The fourth-order valence-corrected chi connectivity index (χ4v) is 3.39. The highest BCUT2D eigenvalue weighted by Gasteiger charge is 2.08. The summed E-state index contributed by atoms with van der Waals surface area (Å²) >= 11 is 0. The highest BCUT2D eigenvalue weighted by molar-refractivity contribution is 5.98. The topological polar surface area (TPSA) is 79.5 Å². The lowest BCUT2D eigenvalue weighted by Gasteiger charge is -2.10. The molecule has 3 aromatic rings. The van der Waals surface area contributed by atoms with Gasteiger partial charge in [-0.1, -0.05) is 49.7 Å². The summed E-state index contributed by atoms with van der Waals surface area (Å²) in [7, 11) is 0. The second kappa shape index (κ2) is 13.7. The molecule has 0 heterocycles. The smallest absolute Gasteiger partial charge is 0.251 e. The lowest BCUT2D eigenvalue weighted by molar-refractivity contribution is -0.114. The standard InChI is InChI=1S/C28H33N3O3/c1-2-3-18-29-28(33)23-12-7-13-25(20-23)31-27(32)21-30-24-14-16-26(17-15-24)34-19-8-11-22-9-5-4-6-10-22/h4-7,9-10,12-17,20,30H,2-3,8,11,18-19,21H2,1H3,(H,29,33)(H,31,32). The fourth-order valence-electron chi connectivity index (χ4n) is 3.39. The molecule has 0 radical (unpaired) electrons. The second-order valence-electron chi connectivity index (χ2n) is 8.05. The van der Waals surface area contributed by atoms with Crippen molar-refractivity contribution < 1.29 is 14.3 Å². The van der Waals surface area contributed by atoms with Gasteiger partial charge in [-0.15, -0.1) is 0 Å². The normalized spacial score (nSPS) is 10.4. The van der Waals surface area contributed by atoms with E-state index in [2.05, 4.69) is 35.0 Å². The summed E-state index contributed by atoms with van der Waals surface area (Å²) in [6.07, 6.45) is 3.90. The van der Waals surface area contributed by atoms with Crippen LogP contribution >= 0.6 is 0 Å². The molecule has 0 bridgehead atoms. The fraction of sp³-hybridized carbons (Fsp3) is 0.286. The predicted molar refractivity (Wildman–Crippen MR) is 138 cm³/mol. The minimum atomic E-state index is -0.190. The van der Waals surface area contributed by atoms with Crippen LogP contribution in [0.3, 0.4) is 0 Å². The van der Waals surface area contributed by atoms with Crippen LogP contribution in [0, 0.1) is 0 Å². The maximum absolute atomic E-state index is 12.3. The molecule has 0 unspecified atom stereocenters. The minimum Gasteiger partial charge on any atom is -0.494 e. The maximum Gasteiger partial charge on any atom is 0.251 e. The number of carbonyl (C=O) groups is 2. The van der Waals surface area contributed by atoms with Gasteiger partial charge >= 0.3 is 0 Å². The molecule has 0 fully saturated rings. The molecular weight excluding hydrogens is 426 g/mol. The van der Waals surface area contributed by atoms with E-state index in [0.717, 1.165) is 37.1 Å². The Kier molecular flexibility index (Phi) is 9.99. The van der Waals surface area contributed by atoms with Crippen LogP contribution in [0.5, 0.6) is 5.75 Å². The first kappa shape index (κ1) is 24.8. The molecule has 3 aromatic carbocycles. The first-order valence-electron chi connectivity index (χ1n) is 11.8. The van der Waals surface area contributed by atoms with Gasteiger partial charge in [0.15, 0.2) is 0 Å². The Balaban J connectivity index is 1.38. The molecule has 34 heavy (non-hydrogen) atoms. The summed E-state index contributed by atoms with van der Waals surface area (Å²) in [5, 5.41) is 8.81. The van der Waals surface area contributed by atoms with Gasteiger partial charge in [-0.3, -0.25) is 9.59 Å². The third kappa shape index (κ3) is 8.62. The molecule has 0 atom stereocenters. The molecule has 6 nitrogen and oxygen atoms in total. The van der Waals surface area contributed by atoms with Gasteiger partial charge in [-0.05, 0) is 67.3 Å². The molecule has 3 rings (SSSR count). The van der Waals surface area contributed by atoms with Crippen LogP contribution in [0.2, 0.25) is 0 Å². The van der Waals surface area contributed by atoms with Crippen LogP contribution < -0.4 is 20.7 Å². The van der Waals surface area contributed by atoms with Gasteiger partial charge in [0.25, 0.3) is 5.91 Å². The number of nitrogens with one attached hydrogen (secondary N) is 3. The van der Waals surface area contributed by atoms with E-state index in [1.807, 2.05) is 42.5 Å². The Hall–Kier alpha value is -3.80. The zero-order chi connectivity index (χ0) is 24.0. The van der Waals surface area contributed by atoms with E-state index < -0.39 is 0 Å². The minimum absolute atomic E-state index is 0.115. The van der Waals surface area contributed by atoms with E-state index in [-0.39, 0.29) is 18.4 Å². The van der Waals surface area contributed by atoms with Crippen molar-refractivity contribution in [3.63, 3.8) is 0 Å². The lowest BCUT2D eigenvalue weighted by atomic mass is 10.1. The Labute approximate surface area is 201 Å². The Bertz CT molecular complexity index is 1040. The second-order valence-corrected chi connectivity index (χ2v) is 8.05. The number of ether oxygens (including phenoxy) is 1. The Morgan fingerprint density at radius 3 is 2.41 bits per heavy atom. The number of amides is 2. The predicted octanol–water partition coefficient (Wildman–Crippen LogP) is 5.28. The van der Waals surface area contributed by atoms with Crippen molar-refractivity contribution in [1.29, 1.82) is 0 Å². The summed E-state index contributed by atoms with van der Waals surface area (Å²) in [5.41, 5.74) is 3.26. The lowest BCUT2D eigenvalue weighted by Crippen LogP contribution is -2.25. The molecule has 0 saturated heterocycles. The van der Waals surface area contributed by atoms with Gasteiger partial charge in [0.1, 0.15) is 5.75 Å². The van der Waals surface area contributed by atoms with Crippen LogP contribution in [0.15, 0.2) is 78.9 Å². The number of rotatable bonds is 13. The molecule has 2 amide bonds. The SMILES string of the molecule is CCCCNC(=O)c1cccc(NC(=O)CNc2ccc(OCCCc3ccccc3)cc2)c1. The van der Waals surface area contributed by atoms with Gasteiger partial charge in [0.05, 0.1) is 13.2 Å². The summed E-state index contributed by atoms with van der Waals surface area (Å²) in [5.74, 6) is 0.479. The average molecular weight is 460 g/mol. The number of anilines is 2.